The largest absolute Gasteiger partial charge is 0.461 e. The zero-order chi connectivity index (χ0) is 25.4. The third-order valence-corrected chi connectivity index (χ3v) is 8.59. The molecule has 2 saturated heterocycles. The van der Waals surface area contributed by atoms with E-state index in [0.717, 1.165) is 25.7 Å². The summed E-state index contributed by atoms with van der Waals surface area (Å²) >= 11 is 0. The molecule has 35 heavy (non-hydrogen) atoms. The van der Waals surface area contributed by atoms with E-state index in [9.17, 15) is 19.5 Å². The van der Waals surface area contributed by atoms with Gasteiger partial charge in [0.15, 0.2) is 0 Å². The van der Waals surface area contributed by atoms with Gasteiger partial charge in [0.25, 0.3) is 0 Å². The summed E-state index contributed by atoms with van der Waals surface area (Å²) in [6, 6.07) is -1.49. The maximum Gasteiger partial charge on any atom is 0.313 e. The first kappa shape index (κ1) is 25.9. The molecule has 1 N–H and O–H groups in total. The number of amides is 2. The van der Waals surface area contributed by atoms with Crippen molar-refractivity contribution >= 4 is 17.8 Å². The minimum Gasteiger partial charge on any atom is -0.461 e. The second-order valence-electron chi connectivity index (χ2n) is 10.4. The van der Waals surface area contributed by atoms with Gasteiger partial charge in [0, 0.05) is 13.1 Å². The van der Waals surface area contributed by atoms with Crippen LogP contribution in [0, 0.1) is 17.8 Å². The first-order valence-electron chi connectivity index (χ1n) is 13.3. The van der Waals surface area contributed by atoms with Crippen LogP contribution in [0.15, 0.2) is 24.3 Å². The maximum atomic E-state index is 14.3. The van der Waals surface area contributed by atoms with Gasteiger partial charge in [-0.15, -0.1) is 0 Å². The average molecular weight is 489 g/mol. The van der Waals surface area contributed by atoms with Crippen molar-refractivity contribution in [2.45, 2.75) is 83.1 Å². The van der Waals surface area contributed by atoms with Crippen LogP contribution in [0.25, 0.3) is 0 Å². The molecule has 8 heteroatoms. The number of aliphatic hydroxyl groups is 1. The lowest BCUT2D eigenvalue weighted by Gasteiger charge is -2.42. The van der Waals surface area contributed by atoms with Crippen molar-refractivity contribution in [3.8, 4) is 0 Å². The van der Waals surface area contributed by atoms with Gasteiger partial charge in [0.05, 0.1) is 18.6 Å². The Balaban J connectivity index is 1.86. The summed E-state index contributed by atoms with van der Waals surface area (Å²) in [6.07, 6.45) is 11.5. The Morgan fingerprint density at radius 1 is 1.09 bits per heavy atom. The normalized spacial score (nSPS) is 35.8. The number of esters is 1. The first-order valence-corrected chi connectivity index (χ1v) is 13.3. The number of likely N-dealkylation sites (tertiary alicyclic amines) is 1. The van der Waals surface area contributed by atoms with E-state index >= 15 is 0 Å². The number of carbonyl (C=O) groups excluding carboxylic acids is 3. The number of rotatable bonds is 9. The van der Waals surface area contributed by atoms with Gasteiger partial charge >= 0.3 is 5.97 Å². The lowest BCUT2D eigenvalue weighted by molar-refractivity contribution is -0.162. The molecule has 4 aliphatic rings. The summed E-state index contributed by atoms with van der Waals surface area (Å²) in [6.45, 7) is 8.91. The van der Waals surface area contributed by atoms with Gasteiger partial charge in [-0.05, 0) is 24.8 Å². The Labute approximate surface area is 208 Å². The molecule has 0 aliphatic carbocycles. The van der Waals surface area contributed by atoms with Gasteiger partial charge in [-0.1, -0.05) is 65.2 Å². The van der Waals surface area contributed by atoms with Crippen LogP contribution in [-0.4, -0.2) is 82.3 Å². The van der Waals surface area contributed by atoms with Gasteiger partial charge in [-0.25, -0.2) is 0 Å². The van der Waals surface area contributed by atoms with E-state index in [1.807, 2.05) is 39.0 Å². The SMILES string of the molecule is CCCCCN1CC=C[C@]23O[C@@]4(CC)C=CCOC(=O)[C@H]4[C@H]2C(=O)N([C@@H](CO)[C@@H](C)CC)C3C1=O. The Bertz CT molecular complexity index is 902. The van der Waals surface area contributed by atoms with Gasteiger partial charge in [-0.2, -0.15) is 0 Å². The third-order valence-electron chi connectivity index (χ3n) is 8.59. The van der Waals surface area contributed by atoms with E-state index in [1.54, 1.807) is 15.9 Å². The molecule has 4 aliphatic heterocycles. The molecule has 4 heterocycles. The van der Waals surface area contributed by atoms with Crippen LogP contribution < -0.4 is 0 Å². The smallest absolute Gasteiger partial charge is 0.313 e. The number of carbonyl (C=O) groups is 3. The molecule has 2 fully saturated rings. The molecule has 0 aromatic heterocycles. The summed E-state index contributed by atoms with van der Waals surface area (Å²) in [7, 11) is 0. The number of ether oxygens (including phenoxy) is 2. The lowest BCUT2D eigenvalue weighted by atomic mass is 9.73. The molecule has 1 unspecified atom stereocenters. The lowest BCUT2D eigenvalue weighted by Crippen LogP contribution is -2.60. The average Bonchev–Trinajstić information content (AvgIpc) is 3.13. The van der Waals surface area contributed by atoms with Crippen LogP contribution in [0.3, 0.4) is 0 Å². The van der Waals surface area contributed by atoms with Crippen molar-refractivity contribution in [3.63, 3.8) is 0 Å². The molecule has 7 atom stereocenters. The molecule has 0 radical (unpaired) electrons. The molecule has 1 spiro atoms. The van der Waals surface area contributed by atoms with Gasteiger partial charge in [-0.3, -0.25) is 14.4 Å². The number of hydrogen-bond donors (Lipinski definition) is 1. The van der Waals surface area contributed by atoms with E-state index in [-0.39, 0.29) is 30.9 Å². The molecule has 8 nitrogen and oxygen atoms in total. The second kappa shape index (κ2) is 10.1. The fourth-order valence-electron chi connectivity index (χ4n) is 6.51. The van der Waals surface area contributed by atoms with Gasteiger partial charge < -0.3 is 24.4 Å². The minimum absolute atomic E-state index is 0.0367. The summed E-state index contributed by atoms with van der Waals surface area (Å²) in [4.78, 5) is 45.1. The number of hydrogen-bond acceptors (Lipinski definition) is 6. The predicted octanol–water partition coefficient (Wildman–Crippen LogP) is 2.46. The molecule has 0 aromatic carbocycles. The van der Waals surface area contributed by atoms with Crippen molar-refractivity contribution in [1.29, 1.82) is 0 Å². The standard InChI is InChI=1S/C27H40N2O6/c1-5-8-9-14-28-15-10-13-27-20(21-25(33)34-16-11-12-26(21,7-3)35-27)23(31)29(22(27)24(28)32)19(17-30)18(4)6-2/h10-13,18-22,30H,5-9,14-17H2,1-4H3/t18-,19-,20-,21+,22?,26-,27-/m0/s1. The van der Waals surface area contributed by atoms with Crippen molar-refractivity contribution < 1.29 is 29.0 Å². The summed E-state index contributed by atoms with van der Waals surface area (Å²) in [5, 5.41) is 10.4. The van der Waals surface area contributed by atoms with E-state index in [2.05, 4.69) is 6.92 Å². The zero-order valence-corrected chi connectivity index (χ0v) is 21.4. The van der Waals surface area contributed by atoms with E-state index in [0.29, 0.717) is 19.5 Å². The van der Waals surface area contributed by atoms with Gasteiger partial charge in [0.1, 0.15) is 29.8 Å². The third kappa shape index (κ3) is 3.93. The summed E-state index contributed by atoms with van der Waals surface area (Å²) < 4.78 is 12.3. The van der Waals surface area contributed by atoms with E-state index < -0.39 is 41.1 Å². The van der Waals surface area contributed by atoms with Crippen molar-refractivity contribution in [1.82, 2.24) is 9.80 Å². The zero-order valence-electron chi connectivity index (χ0n) is 21.4. The Morgan fingerprint density at radius 3 is 2.51 bits per heavy atom. The van der Waals surface area contributed by atoms with Crippen LogP contribution in [0.4, 0.5) is 0 Å². The first-order chi connectivity index (χ1) is 16.8. The molecule has 0 aromatic rings. The quantitative estimate of drug-likeness (QED) is 0.304. The number of aliphatic hydroxyl groups excluding tert-OH is 1. The topological polar surface area (TPSA) is 96.4 Å². The Kier molecular flexibility index (Phi) is 7.44. The monoisotopic (exact) mass is 488 g/mol. The number of nitrogens with zero attached hydrogens (tertiary/aromatic N) is 2. The van der Waals surface area contributed by atoms with Crippen molar-refractivity contribution in [3.05, 3.63) is 24.3 Å². The van der Waals surface area contributed by atoms with E-state index in [4.69, 9.17) is 9.47 Å². The fourth-order valence-corrected chi connectivity index (χ4v) is 6.51. The van der Waals surface area contributed by atoms with Crippen LogP contribution in [0.1, 0.15) is 59.8 Å². The maximum absolute atomic E-state index is 14.3. The Morgan fingerprint density at radius 2 is 1.86 bits per heavy atom. The van der Waals surface area contributed by atoms with Crippen molar-refractivity contribution in [2.24, 2.45) is 17.8 Å². The number of unbranched alkanes of at least 4 members (excludes halogenated alkanes) is 2. The molecule has 4 rings (SSSR count). The highest BCUT2D eigenvalue weighted by Crippen LogP contribution is 2.59. The summed E-state index contributed by atoms with van der Waals surface area (Å²) in [5.41, 5.74) is -2.32. The second-order valence-corrected chi connectivity index (χ2v) is 10.4. The highest BCUT2D eigenvalue weighted by molar-refractivity contribution is 5.99. The van der Waals surface area contributed by atoms with Gasteiger partial charge in [0.2, 0.25) is 11.8 Å². The molecular formula is C27H40N2O6. The predicted molar refractivity (Wildman–Crippen MR) is 130 cm³/mol. The molecule has 194 valence electrons. The number of cyclic esters (lactones) is 1. The highest BCUT2D eigenvalue weighted by atomic mass is 16.6. The Hall–Kier alpha value is -2.19. The van der Waals surface area contributed by atoms with Crippen LogP contribution in [0.5, 0.6) is 0 Å². The molecule has 0 saturated carbocycles. The number of fused-ring (bicyclic) bond motifs is 2. The molecule has 0 bridgehead atoms. The minimum atomic E-state index is -1.30. The van der Waals surface area contributed by atoms with Crippen LogP contribution in [-0.2, 0) is 23.9 Å². The molecular weight excluding hydrogens is 448 g/mol. The molecule has 2 amide bonds. The van der Waals surface area contributed by atoms with Crippen LogP contribution in [0.2, 0.25) is 0 Å². The van der Waals surface area contributed by atoms with E-state index in [1.165, 1.54) is 0 Å². The van der Waals surface area contributed by atoms with Crippen molar-refractivity contribution in [2.75, 3.05) is 26.3 Å². The van der Waals surface area contributed by atoms with Crippen LogP contribution >= 0.6 is 0 Å². The highest BCUT2D eigenvalue weighted by Gasteiger charge is 2.76. The fraction of sp³-hybridized carbons (Fsp3) is 0.741. The summed E-state index contributed by atoms with van der Waals surface area (Å²) in [5.74, 6) is -2.74.